The molecule has 3 nitrogen and oxygen atoms in total. The van der Waals surface area contributed by atoms with Crippen LogP contribution in [0.25, 0.3) is 17.0 Å². The Labute approximate surface area is 125 Å². The number of esters is 1. The fourth-order valence-electron chi connectivity index (χ4n) is 2.18. The number of nitrogens with zero attached hydrogens (tertiary/aromatic N) is 1. The summed E-state index contributed by atoms with van der Waals surface area (Å²) in [5, 5.41) is 0.0725. The van der Waals surface area contributed by atoms with Gasteiger partial charge in [0.1, 0.15) is 0 Å². The second kappa shape index (κ2) is 6.17. The molecular formula is C16H14F3NO2. The highest BCUT2D eigenvalue weighted by Crippen LogP contribution is 2.35. The molecule has 0 amide bonds. The minimum atomic E-state index is -4.44. The predicted octanol–water partition coefficient (Wildman–Crippen LogP) is 4.14. The van der Waals surface area contributed by atoms with Gasteiger partial charge in [0.2, 0.25) is 0 Å². The molecular weight excluding hydrogens is 295 g/mol. The van der Waals surface area contributed by atoms with Gasteiger partial charge in [-0.1, -0.05) is 6.07 Å². The molecule has 0 bridgehead atoms. The van der Waals surface area contributed by atoms with Gasteiger partial charge in [0, 0.05) is 11.5 Å². The number of hydrogen-bond donors (Lipinski definition) is 0. The van der Waals surface area contributed by atoms with Crippen molar-refractivity contribution in [2.24, 2.45) is 0 Å². The Balaban J connectivity index is 2.49. The molecule has 0 atom stereocenters. The van der Waals surface area contributed by atoms with Crippen molar-refractivity contribution in [3.8, 4) is 0 Å². The Bertz CT molecular complexity index is 736. The Morgan fingerprint density at radius 1 is 1.36 bits per heavy atom. The van der Waals surface area contributed by atoms with Crippen LogP contribution in [-0.2, 0) is 15.7 Å². The topological polar surface area (TPSA) is 39.2 Å². The molecule has 0 unspecified atom stereocenters. The minimum Gasteiger partial charge on any atom is -0.463 e. The highest BCUT2D eigenvalue weighted by atomic mass is 19.4. The van der Waals surface area contributed by atoms with Crippen molar-refractivity contribution in [1.29, 1.82) is 0 Å². The lowest BCUT2D eigenvalue weighted by Crippen LogP contribution is -2.07. The van der Waals surface area contributed by atoms with Crippen LogP contribution < -0.4 is 0 Å². The van der Waals surface area contributed by atoms with Gasteiger partial charge in [-0.3, -0.25) is 0 Å². The summed E-state index contributed by atoms with van der Waals surface area (Å²) in [6, 6.07) is 5.37. The molecule has 0 spiro atoms. The molecule has 22 heavy (non-hydrogen) atoms. The first-order valence-electron chi connectivity index (χ1n) is 6.65. The standard InChI is InChI=1S/C16H14F3NO2/c1-3-22-14(21)8-7-11-9-10(2)15-12(16(17,18)19)5-4-6-13(15)20-11/h4-9H,3H2,1-2H3/b8-7+. The van der Waals surface area contributed by atoms with E-state index in [0.717, 1.165) is 6.07 Å². The van der Waals surface area contributed by atoms with Crippen LogP contribution in [0, 0.1) is 6.92 Å². The smallest absolute Gasteiger partial charge is 0.417 e. The summed E-state index contributed by atoms with van der Waals surface area (Å²) in [5.41, 5.74) is 0.369. The van der Waals surface area contributed by atoms with Crippen LogP contribution in [-0.4, -0.2) is 17.6 Å². The first kappa shape index (κ1) is 16.0. The highest BCUT2D eigenvalue weighted by molar-refractivity contribution is 5.89. The monoisotopic (exact) mass is 309 g/mol. The molecule has 0 fully saturated rings. The highest BCUT2D eigenvalue weighted by Gasteiger charge is 2.33. The summed E-state index contributed by atoms with van der Waals surface area (Å²) in [5.74, 6) is -0.522. The van der Waals surface area contributed by atoms with Crippen LogP contribution in [0.3, 0.4) is 0 Å². The van der Waals surface area contributed by atoms with Crippen LogP contribution in [0.4, 0.5) is 13.2 Å². The van der Waals surface area contributed by atoms with Gasteiger partial charge in [0.25, 0.3) is 0 Å². The van der Waals surface area contributed by atoms with Gasteiger partial charge in [0.15, 0.2) is 0 Å². The summed E-state index contributed by atoms with van der Waals surface area (Å²) in [6.45, 7) is 3.52. The maximum atomic E-state index is 13.0. The second-order valence-corrected chi connectivity index (χ2v) is 4.65. The Morgan fingerprint density at radius 3 is 2.73 bits per heavy atom. The molecule has 0 radical (unpaired) electrons. The summed E-state index contributed by atoms with van der Waals surface area (Å²) in [6.07, 6.45) is -1.82. The average molecular weight is 309 g/mol. The zero-order valence-corrected chi connectivity index (χ0v) is 12.1. The maximum absolute atomic E-state index is 13.0. The number of fused-ring (bicyclic) bond motifs is 1. The van der Waals surface area contributed by atoms with E-state index in [0.29, 0.717) is 11.3 Å². The molecule has 2 aromatic rings. The van der Waals surface area contributed by atoms with Crippen LogP contribution in [0.5, 0.6) is 0 Å². The number of alkyl halides is 3. The second-order valence-electron chi connectivity index (χ2n) is 4.65. The van der Waals surface area contributed by atoms with Crippen molar-refractivity contribution in [1.82, 2.24) is 4.98 Å². The molecule has 0 saturated heterocycles. The number of aromatic nitrogens is 1. The number of pyridine rings is 1. The quantitative estimate of drug-likeness (QED) is 0.632. The number of hydrogen-bond acceptors (Lipinski definition) is 3. The number of carbonyl (C=O) groups excluding carboxylic acids is 1. The van der Waals surface area contributed by atoms with E-state index in [4.69, 9.17) is 4.74 Å². The third-order valence-electron chi connectivity index (χ3n) is 3.03. The number of ether oxygens (including phenoxy) is 1. The summed E-state index contributed by atoms with van der Waals surface area (Å²) >= 11 is 0. The van der Waals surface area contributed by atoms with Crippen molar-refractivity contribution in [2.75, 3.05) is 6.61 Å². The lowest BCUT2D eigenvalue weighted by atomic mass is 10.0. The van der Waals surface area contributed by atoms with Crippen LogP contribution in [0.1, 0.15) is 23.7 Å². The van der Waals surface area contributed by atoms with Gasteiger partial charge in [-0.2, -0.15) is 13.2 Å². The SMILES string of the molecule is CCOC(=O)/C=C/c1cc(C)c2c(C(F)(F)F)cccc2n1. The number of benzene rings is 1. The molecule has 1 heterocycles. The normalized spacial score (nSPS) is 12.0. The fraction of sp³-hybridized carbons (Fsp3) is 0.250. The average Bonchev–Trinajstić information content (AvgIpc) is 2.44. The zero-order chi connectivity index (χ0) is 16.3. The molecule has 6 heteroatoms. The molecule has 1 aromatic heterocycles. The minimum absolute atomic E-state index is 0.0725. The first-order chi connectivity index (χ1) is 10.3. The number of carbonyl (C=O) groups is 1. The van der Waals surface area contributed by atoms with Gasteiger partial charge in [0.05, 0.1) is 23.4 Å². The zero-order valence-electron chi connectivity index (χ0n) is 12.1. The number of rotatable bonds is 3. The van der Waals surface area contributed by atoms with Gasteiger partial charge >= 0.3 is 12.1 Å². The Kier molecular flexibility index (Phi) is 4.49. The van der Waals surface area contributed by atoms with Crippen LogP contribution >= 0.6 is 0 Å². The first-order valence-corrected chi connectivity index (χ1v) is 6.65. The van der Waals surface area contributed by atoms with E-state index >= 15 is 0 Å². The van der Waals surface area contributed by atoms with Crippen molar-refractivity contribution < 1.29 is 22.7 Å². The summed E-state index contributed by atoms with van der Waals surface area (Å²) in [7, 11) is 0. The van der Waals surface area contributed by atoms with Crippen molar-refractivity contribution in [3.05, 3.63) is 47.2 Å². The van der Waals surface area contributed by atoms with Gasteiger partial charge in [-0.05, 0) is 43.7 Å². The number of halogens is 3. The Morgan fingerprint density at radius 2 is 2.09 bits per heavy atom. The lowest BCUT2D eigenvalue weighted by molar-refractivity contribution is -0.137. The van der Waals surface area contributed by atoms with E-state index in [1.807, 2.05) is 0 Å². The van der Waals surface area contributed by atoms with Crippen molar-refractivity contribution in [2.45, 2.75) is 20.0 Å². The molecule has 0 aliphatic rings. The molecule has 1 aromatic carbocycles. The lowest BCUT2D eigenvalue weighted by Gasteiger charge is -2.12. The molecule has 0 N–H and O–H groups in total. The van der Waals surface area contributed by atoms with E-state index < -0.39 is 17.7 Å². The van der Waals surface area contributed by atoms with E-state index in [1.165, 1.54) is 30.4 Å². The third kappa shape index (κ3) is 3.44. The molecule has 0 saturated carbocycles. The van der Waals surface area contributed by atoms with E-state index in [-0.39, 0.29) is 17.5 Å². The summed E-state index contributed by atoms with van der Waals surface area (Å²) in [4.78, 5) is 15.4. The summed E-state index contributed by atoms with van der Waals surface area (Å²) < 4.78 is 43.8. The molecule has 0 aliphatic heterocycles. The maximum Gasteiger partial charge on any atom is 0.417 e. The van der Waals surface area contributed by atoms with Crippen LogP contribution in [0.2, 0.25) is 0 Å². The van der Waals surface area contributed by atoms with Gasteiger partial charge < -0.3 is 4.74 Å². The largest absolute Gasteiger partial charge is 0.463 e. The van der Waals surface area contributed by atoms with Crippen molar-refractivity contribution >= 4 is 22.9 Å². The number of aryl methyl sites for hydroxylation is 1. The van der Waals surface area contributed by atoms with Crippen molar-refractivity contribution in [3.63, 3.8) is 0 Å². The molecule has 116 valence electrons. The van der Waals surface area contributed by atoms with E-state index in [2.05, 4.69) is 4.98 Å². The third-order valence-corrected chi connectivity index (χ3v) is 3.03. The van der Waals surface area contributed by atoms with E-state index in [9.17, 15) is 18.0 Å². The molecule has 2 rings (SSSR count). The van der Waals surface area contributed by atoms with Gasteiger partial charge in [-0.15, -0.1) is 0 Å². The fourth-order valence-corrected chi connectivity index (χ4v) is 2.18. The van der Waals surface area contributed by atoms with Gasteiger partial charge in [-0.25, -0.2) is 9.78 Å². The predicted molar refractivity (Wildman–Crippen MR) is 77.1 cm³/mol. The molecule has 0 aliphatic carbocycles. The van der Waals surface area contributed by atoms with E-state index in [1.54, 1.807) is 13.8 Å². The Hall–Kier alpha value is -2.37. The van der Waals surface area contributed by atoms with Crippen LogP contribution in [0.15, 0.2) is 30.3 Å².